The van der Waals surface area contributed by atoms with Crippen molar-refractivity contribution in [1.82, 2.24) is 15.1 Å². The summed E-state index contributed by atoms with van der Waals surface area (Å²) in [5.41, 5.74) is 5.98. The SMILES string of the molecule is CCN1CCN(CCCCN=C(N)NC(C)CCCC(C)C)CC1. The van der Waals surface area contributed by atoms with Crippen molar-refractivity contribution >= 4 is 5.96 Å². The second kappa shape index (κ2) is 12.5. The molecular formula is C19H41N5. The molecule has 142 valence electrons. The van der Waals surface area contributed by atoms with Gasteiger partial charge in [-0.05, 0) is 45.2 Å². The minimum atomic E-state index is 0.419. The van der Waals surface area contributed by atoms with Crippen LogP contribution in [-0.4, -0.2) is 67.6 Å². The Balaban J connectivity index is 2.03. The number of aliphatic imine (C=N–C) groups is 1. The molecule has 3 N–H and O–H groups in total. The van der Waals surface area contributed by atoms with E-state index in [2.05, 4.69) is 47.8 Å². The Bertz CT molecular complexity index is 335. The summed E-state index contributed by atoms with van der Waals surface area (Å²) >= 11 is 0. The average Bonchev–Trinajstić information content (AvgIpc) is 2.54. The molecule has 0 radical (unpaired) electrons. The van der Waals surface area contributed by atoms with Gasteiger partial charge in [0, 0.05) is 38.8 Å². The lowest BCUT2D eigenvalue weighted by molar-refractivity contribution is 0.136. The van der Waals surface area contributed by atoms with Gasteiger partial charge in [0.2, 0.25) is 0 Å². The van der Waals surface area contributed by atoms with E-state index in [1.807, 2.05) is 0 Å². The van der Waals surface area contributed by atoms with Crippen molar-refractivity contribution in [3.63, 3.8) is 0 Å². The van der Waals surface area contributed by atoms with E-state index in [-0.39, 0.29) is 0 Å². The monoisotopic (exact) mass is 339 g/mol. The van der Waals surface area contributed by atoms with Crippen molar-refractivity contribution in [1.29, 1.82) is 0 Å². The van der Waals surface area contributed by atoms with Crippen LogP contribution in [0.25, 0.3) is 0 Å². The van der Waals surface area contributed by atoms with Crippen LogP contribution in [0, 0.1) is 5.92 Å². The van der Waals surface area contributed by atoms with E-state index in [4.69, 9.17) is 5.73 Å². The summed E-state index contributed by atoms with van der Waals surface area (Å²) in [5.74, 6) is 1.40. The molecule has 1 unspecified atom stereocenters. The molecule has 1 atom stereocenters. The highest BCUT2D eigenvalue weighted by atomic mass is 15.3. The zero-order valence-electron chi connectivity index (χ0n) is 16.6. The Morgan fingerprint density at radius 3 is 2.29 bits per heavy atom. The smallest absolute Gasteiger partial charge is 0.188 e. The van der Waals surface area contributed by atoms with Crippen molar-refractivity contribution in [3.8, 4) is 0 Å². The van der Waals surface area contributed by atoms with Crippen molar-refractivity contribution in [2.45, 2.75) is 65.8 Å². The number of nitrogens with two attached hydrogens (primary N) is 1. The first-order valence-corrected chi connectivity index (χ1v) is 10.0. The zero-order chi connectivity index (χ0) is 17.8. The molecule has 24 heavy (non-hydrogen) atoms. The highest BCUT2D eigenvalue weighted by Crippen LogP contribution is 2.08. The molecule has 0 aliphatic carbocycles. The molecule has 0 bridgehead atoms. The number of unbranched alkanes of at least 4 members (excludes halogenated alkanes) is 1. The van der Waals surface area contributed by atoms with E-state index in [1.165, 1.54) is 58.5 Å². The van der Waals surface area contributed by atoms with Gasteiger partial charge in [-0.3, -0.25) is 4.99 Å². The van der Waals surface area contributed by atoms with E-state index in [0.717, 1.165) is 25.3 Å². The molecule has 1 fully saturated rings. The third-order valence-corrected chi connectivity index (χ3v) is 4.89. The summed E-state index contributed by atoms with van der Waals surface area (Å²) in [7, 11) is 0. The minimum absolute atomic E-state index is 0.419. The normalized spacial score (nSPS) is 19.0. The van der Waals surface area contributed by atoms with E-state index >= 15 is 0 Å². The number of rotatable bonds is 11. The number of hydrogen-bond acceptors (Lipinski definition) is 3. The zero-order valence-corrected chi connectivity index (χ0v) is 16.6. The fourth-order valence-corrected chi connectivity index (χ4v) is 3.18. The first-order chi connectivity index (χ1) is 11.5. The summed E-state index contributed by atoms with van der Waals surface area (Å²) in [4.78, 5) is 9.57. The van der Waals surface area contributed by atoms with Gasteiger partial charge >= 0.3 is 0 Å². The molecule has 5 heteroatoms. The number of hydrogen-bond donors (Lipinski definition) is 2. The maximum Gasteiger partial charge on any atom is 0.188 e. The lowest BCUT2D eigenvalue weighted by Crippen LogP contribution is -2.46. The van der Waals surface area contributed by atoms with Crippen LogP contribution < -0.4 is 11.1 Å². The molecule has 0 spiro atoms. The molecule has 0 aromatic rings. The second-order valence-corrected chi connectivity index (χ2v) is 7.62. The molecular weight excluding hydrogens is 298 g/mol. The van der Waals surface area contributed by atoms with Crippen LogP contribution in [0.1, 0.15) is 59.8 Å². The fourth-order valence-electron chi connectivity index (χ4n) is 3.18. The number of piperazine rings is 1. The van der Waals surface area contributed by atoms with Crippen LogP contribution in [0.5, 0.6) is 0 Å². The highest BCUT2D eigenvalue weighted by molar-refractivity contribution is 5.78. The van der Waals surface area contributed by atoms with E-state index in [9.17, 15) is 0 Å². The summed E-state index contributed by atoms with van der Waals surface area (Å²) in [5, 5.41) is 3.32. The molecule has 1 aliphatic heterocycles. The summed E-state index contributed by atoms with van der Waals surface area (Å²) in [6.07, 6.45) is 6.04. The topological polar surface area (TPSA) is 56.9 Å². The average molecular weight is 340 g/mol. The lowest BCUT2D eigenvalue weighted by Gasteiger charge is -2.33. The summed E-state index contributed by atoms with van der Waals surface area (Å²) in [6, 6.07) is 0.419. The predicted molar refractivity (Wildman–Crippen MR) is 106 cm³/mol. The van der Waals surface area contributed by atoms with Gasteiger partial charge in [-0.15, -0.1) is 0 Å². The molecule has 1 heterocycles. The van der Waals surface area contributed by atoms with Crippen LogP contribution in [0.3, 0.4) is 0 Å². The maximum atomic E-state index is 5.98. The lowest BCUT2D eigenvalue weighted by atomic mass is 10.0. The van der Waals surface area contributed by atoms with Gasteiger partial charge in [0.15, 0.2) is 5.96 Å². The summed E-state index contributed by atoms with van der Waals surface area (Å²) in [6.45, 7) is 17.1. The highest BCUT2D eigenvalue weighted by Gasteiger charge is 2.14. The van der Waals surface area contributed by atoms with Gasteiger partial charge in [-0.25, -0.2) is 0 Å². The first kappa shape index (κ1) is 21.2. The Morgan fingerprint density at radius 2 is 1.67 bits per heavy atom. The van der Waals surface area contributed by atoms with Gasteiger partial charge in [-0.2, -0.15) is 0 Å². The van der Waals surface area contributed by atoms with Crippen LogP contribution >= 0.6 is 0 Å². The van der Waals surface area contributed by atoms with Crippen LogP contribution in [0.2, 0.25) is 0 Å². The van der Waals surface area contributed by atoms with Gasteiger partial charge in [0.1, 0.15) is 0 Å². The van der Waals surface area contributed by atoms with E-state index in [0.29, 0.717) is 12.0 Å². The van der Waals surface area contributed by atoms with Crippen LogP contribution in [-0.2, 0) is 0 Å². The molecule has 0 aromatic carbocycles. The van der Waals surface area contributed by atoms with E-state index < -0.39 is 0 Å². The third kappa shape index (κ3) is 10.1. The Labute approximate surface area is 150 Å². The van der Waals surface area contributed by atoms with Crippen LogP contribution in [0.15, 0.2) is 4.99 Å². The molecule has 1 rings (SSSR count). The molecule has 0 saturated carbocycles. The minimum Gasteiger partial charge on any atom is -0.370 e. The molecule has 0 amide bonds. The summed E-state index contributed by atoms with van der Waals surface area (Å²) < 4.78 is 0. The maximum absolute atomic E-state index is 5.98. The van der Waals surface area contributed by atoms with Crippen LogP contribution in [0.4, 0.5) is 0 Å². The van der Waals surface area contributed by atoms with Crippen molar-refractivity contribution < 1.29 is 0 Å². The molecule has 1 saturated heterocycles. The quantitative estimate of drug-likeness (QED) is 0.345. The number of guanidine groups is 1. The number of likely N-dealkylation sites (N-methyl/N-ethyl adjacent to an activating group) is 1. The standard InChI is InChI=1S/C19H41N5/c1-5-23-13-15-24(16-14-23)12-7-6-11-21-19(20)22-18(4)10-8-9-17(2)3/h17-18H,5-16H2,1-4H3,(H3,20,21,22). The second-order valence-electron chi connectivity index (χ2n) is 7.62. The van der Waals surface area contributed by atoms with Crippen molar-refractivity contribution in [3.05, 3.63) is 0 Å². The van der Waals surface area contributed by atoms with Crippen molar-refractivity contribution in [2.75, 3.05) is 45.8 Å². The van der Waals surface area contributed by atoms with E-state index in [1.54, 1.807) is 0 Å². The number of nitrogens with zero attached hydrogens (tertiary/aromatic N) is 3. The molecule has 0 aromatic heterocycles. The van der Waals surface area contributed by atoms with Crippen molar-refractivity contribution in [2.24, 2.45) is 16.6 Å². The Morgan fingerprint density at radius 1 is 1.00 bits per heavy atom. The number of nitrogens with one attached hydrogen (secondary N) is 1. The Kier molecular flexibility index (Phi) is 11.1. The first-order valence-electron chi connectivity index (χ1n) is 10.0. The Hall–Kier alpha value is -0.810. The largest absolute Gasteiger partial charge is 0.370 e. The molecule has 5 nitrogen and oxygen atoms in total. The third-order valence-electron chi connectivity index (χ3n) is 4.89. The molecule has 1 aliphatic rings. The fraction of sp³-hybridized carbons (Fsp3) is 0.947. The van der Waals surface area contributed by atoms with Gasteiger partial charge < -0.3 is 20.9 Å². The van der Waals surface area contributed by atoms with Gasteiger partial charge in [0.25, 0.3) is 0 Å². The van der Waals surface area contributed by atoms with Gasteiger partial charge in [0.05, 0.1) is 0 Å². The van der Waals surface area contributed by atoms with Gasteiger partial charge in [-0.1, -0.05) is 33.6 Å². The predicted octanol–water partition coefficient (Wildman–Crippen LogP) is 2.52.